The molecule has 1 amide bonds. The van der Waals surface area contributed by atoms with Crippen LogP contribution in [-0.2, 0) is 25.2 Å². The molecule has 0 spiro atoms. The van der Waals surface area contributed by atoms with Crippen molar-refractivity contribution in [2.75, 3.05) is 43.1 Å². The second kappa shape index (κ2) is 8.70. The fourth-order valence-electron chi connectivity index (χ4n) is 2.40. The summed E-state index contributed by atoms with van der Waals surface area (Å²) in [5.41, 5.74) is -0.418. The fourth-order valence-corrected chi connectivity index (χ4v) is 2.40. The van der Waals surface area contributed by atoms with Crippen molar-refractivity contribution in [3.63, 3.8) is 0 Å². The van der Waals surface area contributed by atoms with Gasteiger partial charge in [0.2, 0.25) is 0 Å². The molecule has 0 unspecified atom stereocenters. The lowest BCUT2D eigenvalue weighted by Crippen LogP contribution is -2.37. The monoisotopic (exact) mass is 372 g/mol. The minimum Gasteiger partial charge on any atom is -0.452 e. The van der Waals surface area contributed by atoms with Gasteiger partial charge in [-0.1, -0.05) is 6.08 Å². The van der Waals surface area contributed by atoms with Crippen molar-refractivity contribution >= 4 is 23.3 Å². The van der Waals surface area contributed by atoms with Crippen LogP contribution in [0, 0.1) is 0 Å². The van der Waals surface area contributed by atoms with Crippen LogP contribution >= 0.6 is 0 Å². The highest BCUT2D eigenvalue weighted by molar-refractivity contribution is 5.96. The number of halogens is 3. The largest absolute Gasteiger partial charge is 0.452 e. The average Bonchev–Trinajstić information content (AvgIpc) is 2.60. The number of amides is 1. The SMILES string of the molecule is C/C=C\C(=O)OCC(=O)Nc1cc(C(F)(F)F)ccc1N1CCOCC1. The van der Waals surface area contributed by atoms with E-state index in [1.165, 1.54) is 12.1 Å². The quantitative estimate of drug-likeness (QED) is 0.636. The van der Waals surface area contributed by atoms with Gasteiger partial charge in [0.25, 0.3) is 5.91 Å². The van der Waals surface area contributed by atoms with E-state index in [4.69, 9.17) is 9.47 Å². The van der Waals surface area contributed by atoms with Crippen LogP contribution in [-0.4, -0.2) is 44.8 Å². The maximum atomic E-state index is 13.0. The number of rotatable bonds is 5. The Kier molecular flexibility index (Phi) is 6.62. The molecule has 0 aliphatic carbocycles. The van der Waals surface area contributed by atoms with Crippen LogP contribution in [0.4, 0.5) is 24.5 Å². The maximum absolute atomic E-state index is 13.0. The summed E-state index contributed by atoms with van der Waals surface area (Å²) in [6.07, 6.45) is -1.96. The summed E-state index contributed by atoms with van der Waals surface area (Å²) in [4.78, 5) is 25.0. The number of nitrogens with one attached hydrogen (secondary N) is 1. The first-order chi connectivity index (χ1) is 12.3. The Morgan fingerprint density at radius 2 is 2.00 bits per heavy atom. The summed E-state index contributed by atoms with van der Waals surface area (Å²) in [5, 5.41) is 2.40. The van der Waals surface area contributed by atoms with E-state index in [9.17, 15) is 22.8 Å². The van der Waals surface area contributed by atoms with Gasteiger partial charge in [-0.25, -0.2) is 4.79 Å². The van der Waals surface area contributed by atoms with E-state index < -0.39 is 30.2 Å². The van der Waals surface area contributed by atoms with E-state index in [1.54, 1.807) is 6.92 Å². The Bertz CT molecular complexity index is 683. The molecular formula is C17H19F3N2O4. The van der Waals surface area contributed by atoms with Crippen LogP contribution in [0.25, 0.3) is 0 Å². The van der Waals surface area contributed by atoms with Crippen LogP contribution in [0.3, 0.4) is 0 Å². The third-order valence-electron chi connectivity index (χ3n) is 3.60. The predicted molar refractivity (Wildman–Crippen MR) is 88.9 cm³/mol. The van der Waals surface area contributed by atoms with Gasteiger partial charge < -0.3 is 19.7 Å². The zero-order valence-electron chi connectivity index (χ0n) is 14.1. The molecule has 0 bridgehead atoms. The minimum atomic E-state index is -4.54. The molecule has 1 fully saturated rings. The van der Waals surface area contributed by atoms with Gasteiger partial charge in [0.15, 0.2) is 6.61 Å². The van der Waals surface area contributed by atoms with E-state index in [-0.39, 0.29) is 5.69 Å². The molecule has 1 aliphatic rings. The molecule has 26 heavy (non-hydrogen) atoms. The van der Waals surface area contributed by atoms with E-state index in [2.05, 4.69) is 5.32 Å². The van der Waals surface area contributed by atoms with E-state index in [0.29, 0.717) is 32.0 Å². The highest BCUT2D eigenvalue weighted by atomic mass is 19.4. The zero-order valence-corrected chi connectivity index (χ0v) is 14.1. The Morgan fingerprint density at radius 3 is 2.62 bits per heavy atom. The molecule has 0 radical (unpaired) electrons. The van der Waals surface area contributed by atoms with Gasteiger partial charge in [0.1, 0.15) is 0 Å². The van der Waals surface area contributed by atoms with E-state index >= 15 is 0 Å². The molecule has 1 N–H and O–H groups in total. The molecule has 1 aromatic rings. The van der Waals surface area contributed by atoms with Crippen molar-refractivity contribution in [1.82, 2.24) is 0 Å². The second-order valence-corrected chi connectivity index (χ2v) is 5.48. The van der Waals surface area contributed by atoms with Crippen molar-refractivity contribution in [3.05, 3.63) is 35.9 Å². The molecule has 1 aromatic carbocycles. The molecule has 1 aliphatic heterocycles. The first-order valence-corrected chi connectivity index (χ1v) is 7.94. The molecule has 1 saturated heterocycles. The molecule has 2 rings (SSSR count). The molecule has 0 atom stereocenters. The number of allylic oxidation sites excluding steroid dienone is 1. The standard InChI is InChI=1S/C17H19F3N2O4/c1-2-3-16(24)26-11-15(23)21-13-10-12(17(18,19)20)4-5-14(13)22-6-8-25-9-7-22/h2-5,10H,6-9,11H2,1H3,(H,21,23)/b3-2-. The summed E-state index contributed by atoms with van der Waals surface area (Å²) in [6, 6.07) is 3.15. The number of ether oxygens (including phenoxy) is 2. The van der Waals surface area contributed by atoms with Gasteiger partial charge in [-0.3, -0.25) is 4.79 Å². The third kappa shape index (κ3) is 5.48. The normalized spacial score (nSPS) is 15.2. The number of esters is 1. The topological polar surface area (TPSA) is 67.9 Å². The van der Waals surface area contributed by atoms with Gasteiger partial charge in [-0.05, 0) is 25.1 Å². The molecule has 0 saturated carbocycles. The summed E-state index contributed by atoms with van der Waals surface area (Å²) in [5.74, 6) is -1.43. The zero-order chi connectivity index (χ0) is 19.2. The lowest BCUT2D eigenvalue weighted by atomic mass is 10.1. The van der Waals surface area contributed by atoms with Gasteiger partial charge in [-0.15, -0.1) is 0 Å². The molecule has 142 valence electrons. The molecule has 1 heterocycles. The highest BCUT2D eigenvalue weighted by Gasteiger charge is 2.32. The highest BCUT2D eigenvalue weighted by Crippen LogP contribution is 2.35. The number of anilines is 2. The minimum absolute atomic E-state index is 0.00816. The molecule has 9 heteroatoms. The van der Waals surface area contributed by atoms with Crippen LogP contribution in [0.5, 0.6) is 0 Å². The number of hydrogen-bond acceptors (Lipinski definition) is 5. The van der Waals surface area contributed by atoms with E-state index in [0.717, 1.165) is 18.2 Å². The lowest BCUT2D eigenvalue weighted by molar-refractivity contribution is -0.142. The number of morpholine rings is 1. The Morgan fingerprint density at radius 1 is 1.31 bits per heavy atom. The van der Waals surface area contributed by atoms with Crippen molar-refractivity contribution in [3.8, 4) is 0 Å². The van der Waals surface area contributed by atoms with Crippen molar-refractivity contribution in [2.45, 2.75) is 13.1 Å². The van der Waals surface area contributed by atoms with Crippen LogP contribution in [0.1, 0.15) is 12.5 Å². The van der Waals surface area contributed by atoms with Crippen LogP contribution in [0.2, 0.25) is 0 Å². The Hall–Kier alpha value is -2.55. The average molecular weight is 372 g/mol. The van der Waals surface area contributed by atoms with Gasteiger partial charge in [0.05, 0.1) is 30.2 Å². The lowest BCUT2D eigenvalue weighted by Gasteiger charge is -2.31. The van der Waals surface area contributed by atoms with E-state index in [1.807, 2.05) is 4.90 Å². The maximum Gasteiger partial charge on any atom is 0.416 e. The second-order valence-electron chi connectivity index (χ2n) is 5.48. The van der Waals surface area contributed by atoms with Gasteiger partial charge >= 0.3 is 12.1 Å². The Labute approximate surface area is 148 Å². The van der Waals surface area contributed by atoms with Gasteiger partial charge in [-0.2, -0.15) is 13.2 Å². The Balaban J connectivity index is 2.19. The molecular weight excluding hydrogens is 353 g/mol. The van der Waals surface area contributed by atoms with Crippen molar-refractivity contribution in [2.24, 2.45) is 0 Å². The number of benzene rings is 1. The third-order valence-corrected chi connectivity index (χ3v) is 3.60. The van der Waals surface area contributed by atoms with Crippen LogP contribution in [0.15, 0.2) is 30.4 Å². The van der Waals surface area contributed by atoms with Crippen LogP contribution < -0.4 is 10.2 Å². The molecule has 6 nitrogen and oxygen atoms in total. The first kappa shape index (κ1) is 19.8. The summed E-state index contributed by atoms with van der Waals surface area (Å²) in [7, 11) is 0. The van der Waals surface area contributed by atoms with Crippen molar-refractivity contribution in [1.29, 1.82) is 0 Å². The first-order valence-electron chi connectivity index (χ1n) is 7.94. The number of alkyl halides is 3. The number of carbonyl (C=O) groups excluding carboxylic acids is 2. The van der Waals surface area contributed by atoms with Gasteiger partial charge in [0, 0.05) is 19.2 Å². The number of carbonyl (C=O) groups is 2. The summed E-state index contributed by atoms with van der Waals surface area (Å²) < 4.78 is 48.9. The predicted octanol–water partition coefficient (Wildman–Crippen LogP) is 2.60. The van der Waals surface area contributed by atoms with Crippen molar-refractivity contribution < 1.29 is 32.2 Å². The summed E-state index contributed by atoms with van der Waals surface area (Å²) in [6.45, 7) is 2.88. The smallest absolute Gasteiger partial charge is 0.416 e. The fraction of sp³-hybridized carbons (Fsp3) is 0.412. The number of hydrogen-bond donors (Lipinski definition) is 1. The number of nitrogens with zero attached hydrogens (tertiary/aromatic N) is 1. The molecule has 0 aromatic heterocycles. The summed E-state index contributed by atoms with van der Waals surface area (Å²) >= 11 is 0.